The fraction of sp³-hybridized carbons (Fsp3) is 0.318. The van der Waals surface area contributed by atoms with Crippen LogP contribution in [0, 0.1) is 12.8 Å². The maximum absolute atomic E-state index is 12.8. The lowest BCUT2D eigenvalue weighted by Gasteiger charge is -2.19. The van der Waals surface area contributed by atoms with E-state index in [0.717, 1.165) is 22.2 Å². The molecule has 3 rings (SSSR count). The fourth-order valence-electron chi connectivity index (χ4n) is 3.06. The van der Waals surface area contributed by atoms with Gasteiger partial charge in [0, 0.05) is 0 Å². The van der Waals surface area contributed by atoms with Gasteiger partial charge in [-0.1, -0.05) is 55.8 Å². The molecule has 2 amide bonds. The first-order valence-electron chi connectivity index (χ1n) is 9.51. The fourth-order valence-corrected chi connectivity index (χ4v) is 3.06. The monoisotopic (exact) mass is 378 g/mol. The smallest absolute Gasteiger partial charge is 0.249 e. The molecule has 0 spiro atoms. The number of anilines is 1. The minimum absolute atomic E-state index is 0.172. The number of rotatable bonds is 7. The van der Waals surface area contributed by atoms with E-state index in [1.165, 1.54) is 0 Å². The number of amides is 2. The van der Waals surface area contributed by atoms with Gasteiger partial charge in [-0.05, 0) is 37.0 Å². The molecule has 0 saturated heterocycles. The third-order valence-corrected chi connectivity index (χ3v) is 4.48. The van der Waals surface area contributed by atoms with Crippen LogP contribution in [0.4, 0.5) is 5.95 Å². The van der Waals surface area contributed by atoms with Crippen LogP contribution in [0.25, 0.3) is 11.0 Å². The summed E-state index contributed by atoms with van der Waals surface area (Å²) in [5.41, 5.74) is 3.69. The Hall–Kier alpha value is -3.15. The van der Waals surface area contributed by atoms with Gasteiger partial charge in [0.25, 0.3) is 0 Å². The summed E-state index contributed by atoms with van der Waals surface area (Å²) >= 11 is 0. The number of H-pyrrole nitrogens is 1. The Bertz CT molecular complexity index is 927. The number of aromatic nitrogens is 2. The SMILES string of the molecule is Cc1ccc(CC(=O)N[C@@H](CC(C)C)C(=O)Nc2nc3ccccc3[nH]2)cc1. The van der Waals surface area contributed by atoms with Crippen molar-refractivity contribution in [2.24, 2.45) is 5.92 Å². The number of aromatic amines is 1. The predicted octanol–water partition coefficient (Wildman–Crippen LogP) is 3.58. The molecule has 1 heterocycles. The molecule has 6 heteroatoms. The lowest BCUT2D eigenvalue weighted by molar-refractivity contribution is -0.126. The highest BCUT2D eigenvalue weighted by Gasteiger charge is 2.23. The topological polar surface area (TPSA) is 86.9 Å². The van der Waals surface area contributed by atoms with Crippen molar-refractivity contribution < 1.29 is 9.59 Å². The number of nitrogens with zero attached hydrogens (tertiary/aromatic N) is 1. The Labute approximate surface area is 164 Å². The molecule has 0 radical (unpaired) electrons. The van der Waals surface area contributed by atoms with E-state index in [1.54, 1.807) is 0 Å². The van der Waals surface area contributed by atoms with Crippen molar-refractivity contribution in [2.75, 3.05) is 5.32 Å². The lowest BCUT2D eigenvalue weighted by Crippen LogP contribution is -2.45. The average Bonchev–Trinajstić information content (AvgIpc) is 3.05. The number of benzene rings is 2. The molecule has 3 N–H and O–H groups in total. The van der Waals surface area contributed by atoms with Gasteiger partial charge < -0.3 is 10.3 Å². The molecule has 0 aliphatic heterocycles. The molecule has 2 aromatic carbocycles. The summed E-state index contributed by atoms with van der Waals surface area (Å²) in [5.74, 6) is 0.193. The summed E-state index contributed by atoms with van der Waals surface area (Å²) in [6.07, 6.45) is 0.790. The molecule has 3 aromatic rings. The molecule has 1 aromatic heterocycles. The van der Waals surface area contributed by atoms with Crippen molar-refractivity contribution in [1.29, 1.82) is 0 Å². The van der Waals surface area contributed by atoms with E-state index in [-0.39, 0.29) is 24.2 Å². The van der Waals surface area contributed by atoms with Crippen molar-refractivity contribution in [3.05, 3.63) is 59.7 Å². The van der Waals surface area contributed by atoms with E-state index >= 15 is 0 Å². The average molecular weight is 378 g/mol. The standard InChI is InChI=1S/C22H26N4O2/c1-14(2)12-19(23-20(27)13-16-10-8-15(3)9-11-16)21(28)26-22-24-17-6-4-5-7-18(17)25-22/h4-11,14,19H,12-13H2,1-3H3,(H,23,27)(H2,24,25,26,28)/t19-/m0/s1. The molecule has 1 atom stereocenters. The molecule has 0 unspecified atom stereocenters. The highest BCUT2D eigenvalue weighted by Crippen LogP contribution is 2.14. The van der Waals surface area contributed by atoms with Crippen LogP contribution in [0.1, 0.15) is 31.4 Å². The number of para-hydroxylation sites is 2. The van der Waals surface area contributed by atoms with Gasteiger partial charge in [-0.15, -0.1) is 0 Å². The van der Waals surface area contributed by atoms with E-state index in [2.05, 4.69) is 20.6 Å². The van der Waals surface area contributed by atoms with E-state index in [0.29, 0.717) is 12.4 Å². The normalized spacial score (nSPS) is 12.1. The summed E-state index contributed by atoms with van der Waals surface area (Å²) in [6.45, 7) is 6.05. The van der Waals surface area contributed by atoms with Crippen molar-refractivity contribution >= 4 is 28.8 Å². The van der Waals surface area contributed by atoms with Gasteiger partial charge in [0.1, 0.15) is 6.04 Å². The zero-order valence-corrected chi connectivity index (χ0v) is 16.5. The van der Waals surface area contributed by atoms with Crippen molar-refractivity contribution in [2.45, 2.75) is 39.7 Å². The van der Waals surface area contributed by atoms with E-state index in [9.17, 15) is 9.59 Å². The first kappa shape index (κ1) is 19.6. The maximum atomic E-state index is 12.8. The lowest BCUT2D eigenvalue weighted by atomic mass is 10.0. The van der Waals surface area contributed by atoms with Gasteiger partial charge in [0.15, 0.2) is 0 Å². The number of nitrogens with one attached hydrogen (secondary N) is 3. The molecule has 6 nitrogen and oxygen atoms in total. The summed E-state index contributed by atoms with van der Waals surface area (Å²) in [4.78, 5) is 32.7. The number of hydrogen-bond acceptors (Lipinski definition) is 3. The number of aryl methyl sites for hydroxylation is 1. The molecule has 146 valence electrons. The van der Waals surface area contributed by atoms with Crippen LogP contribution < -0.4 is 10.6 Å². The van der Waals surface area contributed by atoms with Crippen LogP contribution >= 0.6 is 0 Å². The summed E-state index contributed by atoms with van der Waals surface area (Å²) < 4.78 is 0. The van der Waals surface area contributed by atoms with Gasteiger partial charge in [-0.25, -0.2) is 4.98 Å². The van der Waals surface area contributed by atoms with Crippen LogP contribution in [0.15, 0.2) is 48.5 Å². The summed E-state index contributed by atoms with van der Waals surface area (Å²) in [5, 5.41) is 5.67. The van der Waals surface area contributed by atoms with Gasteiger partial charge in [-0.2, -0.15) is 0 Å². The molecule has 0 aliphatic carbocycles. The predicted molar refractivity (Wildman–Crippen MR) is 111 cm³/mol. The molecule has 0 fully saturated rings. The molecule has 28 heavy (non-hydrogen) atoms. The molecular weight excluding hydrogens is 352 g/mol. The second-order valence-corrected chi connectivity index (χ2v) is 7.50. The van der Waals surface area contributed by atoms with E-state index < -0.39 is 6.04 Å². The molecule has 0 bridgehead atoms. The second kappa shape index (κ2) is 8.69. The van der Waals surface area contributed by atoms with Gasteiger partial charge in [-0.3, -0.25) is 14.9 Å². The van der Waals surface area contributed by atoms with Crippen molar-refractivity contribution in [3.8, 4) is 0 Å². The Kier molecular flexibility index (Phi) is 6.09. The van der Waals surface area contributed by atoms with Crippen LogP contribution in [-0.4, -0.2) is 27.8 Å². The Morgan fingerprint density at radius 3 is 2.46 bits per heavy atom. The first-order chi connectivity index (χ1) is 13.4. The minimum Gasteiger partial charge on any atom is -0.344 e. The minimum atomic E-state index is -0.619. The number of carbonyl (C=O) groups is 2. The van der Waals surface area contributed by atoms with Crippen LogP contribution in [0.2, 0.25) is 0 Å². The number of fused-ring (bicyclic) bond motifs is 1. The second-order valence-electron chi connectivity index (χ2n) is 7.50. The Balaban J connectivity index is 1.66. The Morgan fingerprint density at radius 1 is 1.07 bits per heavy atom. The third-order valence-electron chi connectivity index (χ3n) is 4.48. The quantitative estimate of drug-likeness (QED) is 0.587. The molecule has 0 aliphatic rings. The maximum Gasteiger partial charge on any atom is 0.249 e. The van der Waals surface area contributed by atoms with Crippen molar-refractivity contribution in [3.63, 3.8) is 0 Å². The Morgan fingerprint density at radius 2 is 1.79 bits per heavy atom. The third kappa shape index (κ3) is 5.19. The highest BCUT2D eigenvalue weighted by atomic mass is 16.2. The summed E-state index contributed by atoms with van der Waals surface area (Å²) in [6, 6.07) is 14.8. The molecular formula is C22H26N4O2. The first-order valence-corrected chi connectivity index (χ1v) is 9.51. The van der Waals surface area contributed by atoms with Crippen molar-refractivity contribution in [1.82, 2.24) is 15.3 Å². The van der Waals surface area contributed by atoms with Crippen LogP contribution in [0.5, 0.6) is 0 Å². The van der Waals surface area contributed by atoms with Gasteiger partial charge in [0.2, 0.25) is 17.8 Å². The largest absolute Gasteiger partial charge is 0.344 e. The van der Waals surface area contributed by atoms with Gasteiger partial charge in [0.05, 0.1) is 17.5 Å². The number of carbonyl (C=O) groups excluding carboxylic acids is 2. The highest BCUT2D eigenvalue weighted by molar-refractivity contribution is 5.97. The number of hydrogen-bond donors (Lipinski definition) is 3. The zero-order valence-electron chi connectivity index (χ0n) is 16.5. The van der Waals surface area contributed by atoms with E-state index in [1.807, 2.05) is 69.3 Å². The van der Waals surface area contributed by atoms with E-state index in [4.69, 9.17) is 0 Å². The van der Waals surface area contributed by atoms with Crippen LogP contribution in [-0.2, 0) is 16.0 Å². The zero-order chi connectivity index (χ0) is 20.1. The molecule has 0 saturated carbocycles. The van der Waals surface area contributed by atoms with Crippen LogP contribution in [0.3, 0.4) is 0 Å². The number of imidazole rings is 1. The van der Waals surface area contributed by atoms with Gasteiger partial charge >= 0.3 is 0 Å². The summed E-state index contributed by atoms with van der Waals surface area (Å²) in [7, 11) is 0.